The van der Waals surface area contributed by atoms with E-state index in [1.165, 1.54) is 0 Å². The molecule has 0 fully saturated rings. The number of para-hydroxylation sites is 1. The Labute approximate surface area is 192 Å². The van der Waals surface area contributed by atoms with Gasteiger partial charge in [0.2, 0.25) is 0 Å². The molecular weight excluding hydrogens is 414 g/mol. The lowest BCUT2D eigenvalue weighted by atomic mass is 10.2. The lowest BCUT2D eigenvalue weighted by Gasteiger charge is -2.12. The zero-order valence-corrected chi connectivity index (χ0v) is 18.7. The summed E-state index contributed by atoms with van der Waals surface area (Å²) in [5.41, 5.74) is 4.39. The number of carbonyl (C=O) groups is 1. The zero-order chi connectivity index (χ0) is 23.2. The number of aromatic nitrogens is 3. The van der Waals surface area contributed by atoms with Crippen LogP contribution in [0.2, 0.25) is 0 Å². The lowest BCUT2D eigenvalue weighted by molar-refractivity contribution is 0.262. The van der Waals surface area contributed by atoms with E-state index in [0.717, 1.165) is 28.3 Å². The summed E-state index contributed by atoms with van der Waals surface area (Å²) in [5, 5.41) is 12.2. The number of hydrogen-bond donors (Lipinski definition) is 4. The van der Waals surface area contributed by atoms with Crippen molar-refractivity contribution in [2.75, 3.05) is 21.3 Å². The molecular formula is C25H25N7O. The Hall–Kier alpha value is -4.46. The molecule has 0 spiro atoms. The van der Waals surface area contributed by atoms with E-state index in [4.69, 9.17) is 0 Å². The first kappa shape index (κ1) is 21.8. The number of anilines is 6. The normalized spacial score (nSPS) is 10.4. The van der Waals surface area contributed by atoms with Gasteiger partial charge in [0.25, 0.3) is 0 Å². The number of pyridine rings is 1. The number of nitrogens with zero attached hydrogens (tertiary/aromatic N) is 3. The second-order valence-electron chi connectivity index (χ2n) is 7.63. The number of urea groups is 1. The number of rotatable bonds is 6. The smallest absolute Gasteiger partial charge is 0.323 e. The maximum absolute atomic E-state index is 12.3. The molecule has 166 valence electrons. The van der Waals surface area contributed by atoms with Crippen molar-refractivity contribution in [1.29, 1.82) is 0 Å². The third kappa shape index (κ3) is 6.04. The summed E-state index contributed by atoms with van der Waals surface area (Å²) in [6, 6.07) is 20.4. The molecule has 0 radical (unpaired) electrons. The van der Waals surface area contributed by atoms with Gasteiger partial charge in [-0.05, 0) is 74.4 Å². The van der Waals surface area contributed by atoms with E-state index >= 15 is 0 Å². The molecule has 8 nitrogen and oxygen atoms in total. The van der Waals surface area contributed by atoms with Gasteiger partial charge in [-0.3, -0.25) is 0 Å². The Morgan fingerprint density at radius 3 is 2.15 bits per heavy atom. The number of aryl methyl sites for hydroxylation is 3. The first-order valence-corrected chi connectivity index (χ1v) is 10.5. The van der Waals surface area contributed by atoms with Crippen LogP contribution in [-0.4, -0.2) is 21.0 Å². The Morgan fingerprint density at radius 2 is 1.42 bits per heavy atom. The van der Waals surface area contributed by atoms with E-state index in [0.29, 0.717) is 23.1 Å². The van der Waals surface area contributed by atoms with Gasteiger partial charge >= 0.3 is 6.03 Å². The van der Waals surface area contributed by atoms with Crippen molar-refractivity contribution in [3.05, 3.63) is 89.9 Å². The van der Waals surface area contributed by atoms with Crippen molar-refractivity contribution in [2.45, 2.75) is 20.8 Å². The monoisotopic (exact) mass is 439 g/mol. The molecule has 0 aliphatic carbocycles. The van der Waals surface area contributed by atoms with Crippen LogP contribution in [0.4, 0.5) is 39.3 Å². The van der Waals surface area contributed by atoms with Crippen molar-refractivity contribution < 1.29 is 4.79 Å². The average molecular weight is 440 g/mol. The van der Waals surface area contributed by atoms with Crippen LogP contribution in [0, 0.1) is 20.8 Å². The average Bonchev–Trinajstić information content (AvgIpc) is 2.76. The maximum atomic E-state index is 12.3. The van der Waals surface area contributed by atoms with E-state index in [-0.39, 0.29) is 6.03 Å². The highest BCUT2D eigenvalue weighted by Gasteiger charge is 2.07. The molecule has 0 aliphatic rings. The minimum Gasteiger partial charge on any atom is -0.340 e. The maximum Gasteiger partial charge on any atom is 0.323 e. The van der Waals surface area contributed by atoms with Crippen LogP contribution in [0.25, 0.3) is 0 Å². The molecule has 2 aromatic heterocycles. The highest BCUT2D eigenvalue weighted by atomic mass is 16.2. The lowest BCUT2D eigenvalue weighted by Crippen LogP contribution is -2.19. The fourth-order valence-corrected chi connectivity index (χ4v) is 3.21. The van der Waals surface area contributed by atoms with Crippen LogP contribution in [0.1, 0.15) is 17.0 Å². The summed E-state index contributed by atoms with van der Waals surface area (Å²) >= 11 is 0. The molecule has 2 heterocycles. The molecule has 8 heteroatoms. The fourth-order valence-electron chi connectivity index (χ4n) is 3.21. The van der Waals surface area contributed by atoms with E-state index < -0.39 is 0 Å². The van der Waals surface area contributed by atoms with Crippen molar-refractivity contribution in [1.82, 2.24) is 15.0 Å². The van der Waals surface area contributed by atoms with E-state index in [2.05, 4.69) is 36.2 Å². The molecule has 4 aromatic rings. The predicted octanol–water partition coefficient (Wildman–Crippen LogP) is 5.93. The molecule has 2 amide bonds. The molecule has 4 N–H and O–H groups in total. The first-order chi connectivity index (χ1) is 15.9. The minimum absolute atomic E-state index is 0.295. The molecule has 4 rings (SSSR count). The number of nitrogens with one attached hydrogen (secondary N) is 4. The van der Waals surface area contributed by atoms with Gasteiger partial charge in [0.15, 0.2) is 0 Å². The van der Waals surface area contributed by atoms with Crippen molar-refractivity contribution in [3.8, 4) is 0 Å². The topological polar surface area (TPSA) is 104 Å². The van der Waals surface area contributed by atoms with Crippen LogP contribution >= 0.6 is 0 Å². The number of hydrogen-bond acceptors (Lipinski definition) is 6. The standard InChI is InChI=1S/C25H25N7O/c1-16-12-13-26-22(14-16)32-24-15-23(27-18(3)28-24)29-19-8-10-20(11-9-19)30-25(33)31-21-7-5-4-6-17(21)2/h4-15H,1-3H3,(H2,30,31,33)(H2,26,27,28,29,32). The van der Waals surface area contributed by atoms with E-state index in [1.807, 2.05) is 87.5 Å². The molecule has 0 saturated heterocycles. The summed E-state index contributed by atoms with van der Waals surface area (Å²) in [5.74, 6) is 2.64. The Kier molecular flexibility index (Phi) is 6.45. The van der Waals surface area contributed by atoms with Gasteiger partial charge in [-0.25, -0.2) is 19.7 Å². The van der Waals surface area contributed by atoms with E-state index in [9.17, 15) is 4.79 Å². The van der Waals surface area contributed by atoms with Gasteiger partial charge in [0, 0.05) is 29.3 Å². The summed E-state index contributed by atoms with van der Waals surface area (Å²) in [7, 11) is 0. The van der Waals surface area contributed by atoms with Gasteiger partial charge in [-0.1, -0.05) is 18.2 Å². The van der Waals surface area contributed by atoms with E-state index in [1.54, 1.807) is 6.20 Å². The number of benzene rings is 2. The van der Waals surface area contributed by atoms with Gasteiger partial charge in [-0.2, -0.15) is 0 Å². The second kappa shape index (κ2) is 9.78. The molecule has 2 aromatic carbocycles. The summed E-state index contributed by atoms with van der Waals surface area (Å²) < 4.78 is 0. The van der Waals surface area contributed by atoms with Crippen molar-refractivity contribution >= 4 is 40.5 Å². The number of amides is 2. The first-order valence-electron chi connectivity index (χ1n) is 10.5. The van der Waals surface area contributed by atoms with Crippen molar-refractivity contribution in [2.24, 2.45) is 0 Å². The molecule has 0 aliphatic heterocycles. The molecule has 0 bridgehead atoms. The fraction of sp³-hybridized carbons (Fsp3) is 0.120. The van der Waals surface area contributed by atoms with Crippen LogP contribution in [0.5, 0.6) is 0 Å². The van der Waals surface area contributed by atoms with Gasteiger partial charge in [0.05, 0.1) is 0 Å². The molecule has 0 saturated carbocycles. The van der Waals surface area contributed by atoms with Crippen LogP contribution < -0.4 is 21.3 Å². The Balaban J connectivity index is 1.40. The molecule has 0 unspecified atom stereocenters. The molecule has 33 heavy (non-hydrogen) atoms. The minimum atomic E-state index is -0.295. The molecule has 0 atom stereocenters. The van der Waals surface area contributed by atoms with Crippen molar-refractivity contribution in [3.63, 3.8) is 0 Å². The Bertz CT molecular complexity index is 1270. The van der Waals surface area contributed by atoms with Gasteiger partial charge < -0.3 is 21.3 Å². The summed E-state index contributed by atoms with van der Waals surface area (Å²) in [6.45, 7) is 5.79. The summed E-state index contributed by atoms with van der Waals surface area (Å²) in [6.07, 6.45) is 1.75. The third-order valence-corrected chi connectivity index (χ3v) is 4.82. The highest BCUT2D eigenvalue weighted by molar-refractivity contribution is 6.00. The quantitative estimate of drug-likeness (QED) is 0.297. The summed E-state index contributed by atoms with van der Waals surface area (Å²) in [4.78, 5) is 25.5. The van der Waals surface area contributed by atoms with Crippen LogP contribution in [0.15, 0.2) is 72.9 Å². The SMILES string of the molecule is Cc1ccnc(Nc2cc(Nc3ccc(NC(=O)Nc4ccccc4C)cc3)nc(C)n2)c1. The highest BCUT2D eigenvalue weighted by Crippen LogP contribution is 2.22. The van der Waals surface area contributed by atoms with Gasteiger partial charge in [-0.15, -0.1) is 0 Å². The van der Waals surface area contributed by atoms with Crippen LogP contribution in [0.3, 0.4) is 0 Å². The van der Waals surface area contributed by atoms with Crippen LogP contribution in [-0.2, 0) is 0 Å². The predicted molar refractivity (Wildman–Crippen MR) is 133 cm³/mol. The van der Waals surface area contributed by atoms with Gasteiger partial charge in [0.1, 0.15) is 23.3 Å². The number of carbonyl (C=O) groups excluding carboxylic acids is 1. The zero-order valence-electron chi connectivity index (χ0n) is 18.7. The Morgan fingerprint density at radius 1 is 0.727 bits per heavy atom. The second-order valence-corrected chi connectivity index (χ2v) is 7.63. The largest absolute Gasteiger partial charge is 0.340 e. The third-order valence-electron chi connectivity index (χ3n) is 4.82.